The van der Waals surface area contributed by atoms with E-state index in [0.717, 1.165) is 0 Å². The number of carbonyl (C=O) groups is 9. The van der Waals surface area contributed by atoms with Gasteiger partial charge in [0.15, 0.2) is 0 Å². The lowest BCUT2D eigenvalue weighted by Crippen LogP contribution is -2.39. The van der Waals surface area contributed by atoms with Gasteiger partial charge in [0.25, 0.3) is 35.4 Å². The Labute approximate surface area is 597 Å². The van der Waals surface area contributed by atoms with Gasteiger partial charge >= 0.3 is 0 Å². The van der Waals surface area contributed by atoms with Gasteiger partial charge in [-0.3, -0.25) is 43.2 Å². The fourth-order valence-corrected chi connectivity index (χ4v) is 20.3. The molecule has 0 aromatic heterocycles. The van der Waals surface area contributed by atoms with Gasteiger partial charge in [-0.15, -0.1) is 0 Å². The van der Waals surface area contributed by atoms with Crippen molar-refractivity contribution in [3.05, 3.63) is 65.5 Å². The van der Waals surface area contributed by atoms with Crippen LogP contribution in [0.5, 0.6) is 0 Å². The minimum absolute atomic E-state index is 0.0136. The Morgan fingerprint density at radius 2 is 0.614 bits per heavy atom. The largest absolute Gasteiger partial charge is 0.394 e. The molecule has 3 atom stereocenters. The SMILES string of the molecule is CN(CCCN(CCCN(C)C(=O)c1c(I)c(NC(=O)CO)c(I)c(C(=O)NCC(O)CO)c1I)C(=O)c1c(I)c(NC(=O)CO)c(I)c(C(=O)NCC(O)CO)c1I)C(=O)c1c(I)c(NC(=O)CO)c(I)c(C(=O)NCC(O)CO)c1I. The van der Waals surface area contributed by atoms with Gasteiger partial charge in [-0.2, -0.15) is 0 Å². The molecule has 83 heavy (non-hydrogen) atoms. The number of rotatable bonds is 29. The molecule has 0 saturated heterocycles. The summed E-state index contributed by atoms with van der Waals surface area (Å²) in [5.74, 6) is -6.90. The summed E-state index contributed by atoms with van der Waals surface area (Å²) in [5, 5.41) is 102. The van der Waals surface area contributed by atoms with Crippen LogP contribution < -0.4 is 31.9 Å². The highest BCUT2D eigenvalue weighted by atomic mass is 127. The molecule has 9 amide bonds. The second-order valence-corrected chi connectivity index (χ2v) is 27.1. The van der Waals surface area contributed by atoms with Gasteiger partial charge < -0.3 is 92.6 Å². The summed E-state index contributed by atoms with van der Waals surface area (Å²) in [5.41, 5.74) is -0.306. The molecule has 3 aromatic carbocycles. The van der Waals surface area contributed by atoms with Gasteiger partial charge in [0.1, 0.15) is 19.8 Å². The second-order valence-electron chi connectivity index (χ2n) is 17.4. The Balaban J connectivity index is 2.20. The van der Waals surface area contributed by atoms with Gasteiger partial charge in [-0.05, 0) is 216 Å². The highest BCUT2D eigenvalue weighted by Crippen LogP contribution is 2.39. The van der Waals surface area contributed by atoms with Crippen molar-refractivity contribution in [1.82, 2.24) is 30.7 Å². The maximum absolute atomic E-state index is 15.3. The summed E-state index contributed by atoms with van der Waals surface area (Å²) in [6.07, 6.45) is -3.90. The zero-order valence-corrected chi connectivity index (χ0v) is 62.7. The predicted octanol–water partition coefficient (Wildman–Crippen LogP) is 0.936. The summed E-state index contributed by atoms with van der Waals surface area (Å²) in [6, 6.07) is 0. The lowest BCUT2D eigenvalue weighted by atomic mass is 10.1. The number of anilines is 3. The summed E-state index contributed by atoms with van der Waals surface area (Å²) < 4.78 is 1.49. The fraction of sp³-hybridized carbons (Fsp3) is 0.426. The number of benzene rings is 3. The molecule has 0 fully saturated rings. The molecule has 0 aliphatic carbocycles. The number of hydrogen-bond acceptors (Lipinski definition) is 18. The zero-order valence-electron chi connectivity index (χ0n) is 43.3. The molecule has 0 aliphatic rings. The first-order valence-electron chi connectivity index (χ1n) is 23.9. The van der Waals surface area contributed by atoms with Crippen LogP contribution in [0.3, 0.4) is 0 Å². The number of amides is 9. The summed E-state index contributed by atoms with van der Waals surface area (Å²) >= 11 is 16.3. The molecule has 36 heteroatoms. The molecular formula is C47H54I9N9O18. The summed E-state index contributed by atoms with van der Waals surface area (Å²) in [4.78, 5) is 127. The van der Waals surface area contributed by atoms with Crippen molar-refractivity contribution >= 4 is 274 Å². The van der Waals surface area contributed by atoms with Crippen LogP contribution in [0.15, 0.2) is 0 Å². The van der Waals surface area contributed by atoms with Crippen molar-refractivity contribution in [2.75, 3.05) is 116 Å². The van der Waals surface area contributed by atoms with Crippen molar-refractivity contribution in [3.8, 4) is 0 Å². The first-order chi connectivity index (χ1) is 39.0. The van der Waals surface area contributed by atoms with Crippen LogP contribution in [0, 0.1) is 32.1 Å². The van der Waals surface area contributed by atoms with Crippen LogP contribution in [-0.2, 0) is 14.4 Å². The normalized spacial score (nSPS) is 12.1. The van der Waals surface area contributed by atoms with E-state index < -0.39 is 118 Å². The van der Waals surface area contributed by atoms with E-state index in [0.29, 0.717) is 0 Å². The van der Waals surface area contributed by atoms with Crippen molar-refractivity contribution in [2.45, 2.75) is 31.2 Å². The molecule has 3 rings (SSSR count). The van der Waals surface area contributed by atoms with E-state index in [1.54, 1.807) is 90.4 Å². The number of nitrogens with zero attached hydrogens (tertiary/aromatic N) is 3. The molecule has 0 aliphatic heterocycles. The van der Waals surface area contributed by atoms with E-state index in [4.69, 9.17) is 0 Å². The summed E-state index contributed by atoms with van der Waals surface area (Å²) in [7, 11) is 2.90. The van der Waals surface area contributed by atoms with Crippen molar-refractivity contribution in [1.29, 1.82) is 0 Å². The van der Waals surface area contributed by atoms with Gasteiger partial charge in [0, 0.05) is 70.6 Å². The smallest absolute Gasteiger partial charge is 0.256 e. The molecule has 0 saturated carbocycles. The van der Waals surface area contributed by atoms with Crippen molar-refractivity contribution < 1.29 is 89.1 Å². The van der Waals surface area contributed by atoms with Crippen LogP contribution in [0.4, 0.5) is 17.1 Å². The topological polar surface area (TPSA) is 418 Å². The van der Waals surface area contributed by atoms with E-state index in [2.05, 4.69) is 31.9 Å². The lowest BCUT2D eigenvalue weighted by molar-refractivity contribution is -0.119. The van der Waals surface area contributed by atoms with Crippen LogP contribution in [0.2, 0.25) is 0 Å². The Morgan fingerprint density at radius 3 is 0.855 bits per heavy atom. The third-order valence-corrected chi connectivity index (χ3v) is 21.2. The second kappa shape index (κ2) is 36.7. The van der Waals surface area contributed by atoms with Crippen LogP contribution in [-0.4, -0.2) is 232 Å². The van der Waals surface area contributed by atoms with Crippen molar-refractivity contribution in [2.24, 2.45) is 0 Å². The maximum Gasteiger partial charge on any atom is 0.256 e. The molecule has 0 bridgehead atoms. The number of nitrogens with one attached hydrogen (secondary N) is 6. The Bertz CT molecular complexity index is 2850. The first kappa shape index (κ1) is 76.3. The molecule has 27 nitrogen and oxygen atoms in total. The minimum atomic E-state index is -1.35. The Hall–Kier alpha value is -0.900. The monoisotopic (exact) mass is 2170 g/mol. The quantitative estimate of drug-likeness (QED) is 0.0430. The zero-order chi connectivity index (χ0) is 62.9. The fourth-order valence-electron chi connectivity index (χ4n) is 7.17. The molecule has 15 N–H and O–H groups in total. The molecule has 3 unspecified atom stereocenters. The van der Waals surface area contributed by atoms with Crippen LogP contribution in [0.1, 0.15) is 75.0 Å². The number of carbonyl (C=O) groups excluding carboxylic acids is 9. The number of hydrogen-bond donors (Lipinski definition) is 15. The van der Waals surface area contributed by atoms with E-state index in [1.807, 2.05) is 113 Å². The number of halogens is 9. The van der Waals surface area contributed by atoms with Crippen molar-refractivity contribution in [3.63, 3.8) is 0 Å². The van der Waals surface area contributed by atoms with Crippen LogP contribution in [0.25, 0.3) is 0 Å². The molecule has 458 valence electrons. The summed E-state index contributed by atoms with van der Waals surface area (Å²) in [6.45, 7) is -6.38. The molecule has 0 radical (unpaired) electrons. The number of aliphatic hydroxyl groups excluding tert-OH is 9. The standard InChI is InChI=1S/C47H54I9N9O18/c1-63(45(81)27-30(48)24(42(78)57-9-18(72)12-66)33(51)39(36(27)54)60-21(75)15-69)5-3-7-65(47(83)29-32(50)26(44(80)59-11-20(74)14-68)35(53)41(38(29)56)62-23(77)17-71)8-4-6-64(2)46(82)28-31(49)25(43(79)58-10-19(73)13-67)34(52)40(37(28)55)61-22(76)16-70/h18-20,66-74H,3-17H2,1-2H3,(H,57,78)(H,58,79)(H,59,80)(H,60,75)(H,61,76)(H,62,77). The van der Waals surface area contributed by atoms with E-state index in [9.17, 15) is 84.3 Å². The molecular weight excluding hydrogens is 2120 g/mol. The van der Waals surface area contributed by atoms with E-state index >= 15 is 4.79 Å². The van der Waals surface area contributed by atoms with Gasteiger partial charge in [0.2, 0.25) is 17.7 Å². The third kappa shape index (κ3) is 20.3. The number of aliphatic hydroxyl groups is 9. The highest BCUT2D eigenvalue weighted by Gasteiger charge is 2.35. The average Bonchev–Trinajstić information content (AvgIpc) is 3.59. The van der Waals surface area contributed by atoms with E-state index in [1.165, 1.54) is 28.8 Å². The highest BCUT2D eigenvalue weighted by molar-refractivity contribution is 14.1. The lowest BCUT2D eigenvalue weighted by Gasteiger charge is -2.28. The molecule has 0 heterocycles. The maximum atomic E-state index is 15.3. The molecule has 0 spiro atoms. The molecule has 3 aromatic rings. The van der Waals surface area contributed by atoms with Gasteiger partial charge in [-0.25, -0.2) is 0 Å². The minimum Gasteiger partial charge on any atom is -0.394 e. The Kier molecular flexibility index (Phi) is 33.7. The average molecular weight is 2180 g/mol. The first-order valence-corrected chi connectivity index (χ1v) is 33.6. The Morgan fingerprint density at radius 1 is 0.373 bits per heavy atom. The third-order valence-electron chi connectivity index (χ3n) is 11.4. The van der Waals surface area contributed by atoms with Crippen LogP contribution >= 0.6 is 203 Å². The predicted molar refractivity (Wildman–Crippen MR) is 376 cm³/mol. The van der Waals surface area contributed by atoms with Gasteiger partial charge in [0.05, 0.1) is 110 Å². The van der Waals surface area contributed by atoms with E-state index in [-0.39, 0.29) is 135 Å². The van der Waals surface area contributed by atoms with Gasteiger partial charge in [-0.1, -0.05) is 0 Å².